The Morgan fingerprint density at radius 3 is 2.57 bits per heavy atom. The fourth-order valence-electron chi connectivity index (χ4n) is 3.42. The van der Waals surface area contributed by atoms with Crippen LogP contribution in [0.4, 0.5) is 5.13 Å². The lowest BCUT2D eigenvalue weighted by molar-refractivity contribution is 0.241. The molecule has 0 N–H and O–H groups in total. The standard InChI is InChI=1S/C19H20ClN7S/c1-24-7-6-21-17(24)13-25-8-10-26(11-9-25)19-23-27-12-16(22-18(27)28-19)14-2-4-15(20)5-3-14/h2-7,12H,8-11,13H2,1H3. The molecule has 1 aromatic carbocycles. The highest BCUT2D eigenvalue weighted by molar-refractivity contribution is 7.20. The number of aromatic nitrogens is 5. The smallest absolute Gasteiger partial charge is 0.214 e. The van der Waals surface area contributed by atoms with Crippen molar-refractivity contribution >= 4 is 33.0 Å². The van der Waals surface area contributed by atoms with Crippen molar-refractivity contribution in [1.29, 1.82) is 0 Å². The van der Waals surface area contributed by atoms with Crippen LogP contribution in [0.3, 0.4) is 0 Å². The van der Waals surface area contributed by atoms with Gasteiger partial charge in [-0.3, -0.25) is 4.90 Å². The van der Waals surface area contributed by atoms with Crippen LogP contribution in [0, 0.1) is 0 Å². The lowest BCUT2D eigenvalue weighted by Gasteiger charge is -2.34. The van der Waals surface area contributed by atoms with E-state index in [0.717, 1.165) is 64.9 Å². The number of benzene rings is 1. The van der Waals surface area contributed by atoms with Gasteiger partial charge >= 0.3 is 0 Å². The molecule has 0 radical (unpaired) electrons. The van der Waals surface area contributed by atoms with Gasteiger partial charge in [0, 0.05) is 56.2 Å². The molecule has 5 rings (SSSR count). The maximum Gasteiger partial charge on any atom is 0.214 e. The molecule has 1 aliphatic rings. The number of anilines is 1. The van der Waals surface area contributed by atoms with Crippen LogP contribution < -0.4 is 4.90 Å². The van der Waals surface area contributed by atoms with Crippen molar-refractivity contribution in [3.05, 3.63) is 53.7 Å². The first-order chi connectivity index (χ1) is 13.7. The van der Waals surface area contributed by atoms with Gasteiger partial charge in [0.2, 0.25) is 10.1 Å². The molecule has 4 aromatic rings. The van der Waals surface area contributed by atoms with Crippen LogP contribution in [0.1, 0.15) is 5.82 Å². The number of nitrogens with zero attached hydrogens (tertiary/aromatic N) is 7. The Labute approximate surface area is 171 Å². The summed E-state index contributed by atoms with van der Waals surface area (Å²) in [6, 6.07) is 7.73. The van der Waals surface area contributed by atoms with Crippen molar-refractivity contribution in [2.45, 2.75) is 6.54 Å². The van der Waals surface area contributed by atoms with E-state index < -0.39 is 0 Å². The third-order valence-electron chi connectivity index (χ3n) is 5.10. The van der Waals surface area contributed by atoms with Gasteiger partial charge in [0.1, 0.15) is 5.82 Å². The minimum absolute atomic E-state index is 0.729. The Balaban J connectivity index is 1.26. The van der Waals surface area contributed by atoms with Gasteiger partial charge in [-0.05, 0) is 12.1 Å². The SMILES string of the molecule is Cn1ccnc1CN1CCN(c2nn3cc(-c4ccc(Cl)cc4)nc3s2)CC1. The lowest BCUT2D eigenvalue weighted by Crippen LogP contribution is -2.46. The molecular formula is C19H20ClN7S. The number of halogens is 1. The highest BCUT2D eigenvalue weighted by Crippen LogP contribution is 2.28. The average Bonchev–Trinajstić information content (AvgIpc) is 3.38. The average molecular weight is 414 g/mol. The first kappa shape index (κ1) is 17.7. The molecule has 7 nitrogen and oxygen atoms in total. The summed E-state index contributed by atoms with van der Waals surface area (Å²) in [4.78, 5) is 14.9. The summed E-state index contributed by atoms with van der Waals surface area (Å²) in [6.07, 6.45) is 5.83. The Bertz CT molecular complexity index is 1060. The minimum atomic E-state index is 0.729. The van der Waals surface area contributed by atoms with Crippen LogP contribution in [0.15, 0.2) is 42.9 Å². The normalized spacial score (nSPS) is 15.6. The van der Waals surface area contributed by atoms with E-state index in [-0.39, 0.29) is 0 Å². The third-order valence-corrected chi connectivity index (χ3v) is 6.34. The Hall–Kier alpha value is -2.42. The molecular weight excluding hydrogens is 394 g/mol. The molecule has 9 heteroatoms. The number of imidazole rings is 2. The van der Waals surface area contributed by atoms with E-state index >= 15 is 0 Å². The molecule has 1 fully saturated rings. The summed E-state index contributed by atoms with van der Waals surface area (Å²) in [5, 5.41) is 6.51. The molecule has 1 saturated heterocycles. The summed E-state index contributed by atoms with van der Waals surface area (Å²) in [7, 11) is 2.04. The Kier molecular flexibility index (Phi) is 4.54. The van der Waals surface area contributed by atoms with Gasteiger partial charge in [-0.25, -0.2) is 14.5 Å². The van der Waals surface area contributed by atoms with Crippen LogP contribution in [-0.4, -0.2) is 55.2 Å². The largest absolute Gasteiger partial charge is 0.344 e. The van der Waals surface area contributed by atoms with Gasteiger partial charge in [-0.2, -0.15) is 0 Å². The van der Waals surface area contributed by atoms with Gasteiger partial charge in [-0.1, -0.05) is 35.1 Å². The molecule has 4 heterocycles. The molecule has 0 aliphatic carbocycles. The Morgan fingerprint density at radius 2 is 1.89 bits per heavy atom. The second kappa shape index (κ2) is 7.20. The summed E-state index contributed by atoms with van der Waals surface area (Å²) in [6.45, 7) is 4.83. The molecule has 0 unspecified atom stereocenters. The van der Waals surface area contributed by atoms with Crippen molar-refractivity contribution in [2.24, 2.45) is 7.05 Å². The number of hydrogen-bond acceptors (Lipinski definition) is 6. The second-order valence-corrected chi connectivity index (χ2v) is 8.33. The van der Waals surface area contributed by atoms with E-state index in [2.05, 4.69) is 19.4 Å². The van der Waals surface area contributed by atoms with E-state index in [1.165, 1.54) is 0 Å². The lowest BCUT2D eigenvalue weighted by atomic mass is 10.2. The molecule has 0 bridgehead atoms. The van der Waals surface area contributed by atoms with Crippen molar-refractivity contribution in [2.75, 3.05) is 31.1 Å². The van der Waals surface area contributed by atoms with E-state index in [1.807, 2.05) is 54.4 Å². The van der Waals surface area contributed by atoms with Gasteiger partial charge in [0.25, 0.3) is 0 Å². The molecule has 144 valence electrons. The first-order valence-corrected chi connectivity index (χ1v) is 10.4. The van der Waals surface area contributed by atoms with Crippen LogP contribution >= 0.6 is 22.9 Å². The zero-order chi connectivity index (χ0) is 19.1. The van der Waals surface area contributed by atoms with Gasteiger partial charge in [0.15, 0.2) is 0 Å². The van der Waals surface area contributed by atoms with E-state index in [4.69, 9.17) is 21.7 Å². The van der Waals surface area contributed by atoms with Gasteiger partial charge in [0.05, 0.1) is 18.4 Å². The first-order valence-electron chi connectivity index (χ1n) is 9.21. The van der Waals surface area contributed by atoms with Crippen molar-refractivity contribution in [3.63, 3.8) is 0 Å². The zero-order valence-corrected chi connectivity index (χ0v) is 17.1. The number of piperazine rings is 1. The molecule has 1 aliphatic heterocycles. The monoisotopic (exact) mass is 413 g/mol. The molecule has 0 spiro atoms. The number of rotatable bonds is 4. The van der Waals surface area contributed by atoms with Crippen molar-refractivity contribution in [1.82, 2.24) is 29.0 Å². The van der Waals surface area contributed by atoms with E-state index in [9.17, 15) is 0 Å². The predicted molar refractivity (Wildman–Crippen MR) is 112 cm³/mol. The highest BCUT2D eigenvalue weighted by atomic mass is 35.5. The molecule has 0 saturated carbocycles. The Morgan fingerprint density at radius 1 is 1.11 bits per heavy atom. The zero-order valence-electron chi connectivity index (χ0n) is 15.5. The maximum atomic E-state index is 5.97. The van der Waals surface area contributed by atoms with Crippen molar-refractivity contribution < 1.29 is 0 Å². The molecule has 0 amide bonds. The van der Waals surface area contributed by atoms with E-state index in [0.29, 0.717) is 0 Å². The molecule has 0 atom stereocenters. The van der Waals surface area contributed by atoms with Crippen LogP contribution in [-0.2, 0) is 13.6 Å². The second-order valence-electron chi connectivity index (χ2n) is 6.96. The number of fused-ring (bicyclic) bond motifs is 1. The highest BCUT2D eigenvalue weighted by Gasteiger charge is 2.21. The van der Waals surface area contributed by atoms with Crippen LogP contribution in [0.25, 0.3) is 16.2 Å². The minimum Gasteiger partial charge on any atom is -0.344 e. The summed E-state index contributed by atoms with van der Waals surface area (Å²) < 4.78 is 3.96. The van der Waals surface area contributed by atoms with Gasteiger partial charge in [-0.15, -0.1) is 5.10 Å². The number of hydrogen-bond donors (Lipinski definition) is 0. The van der Waals surface area contributed by atoms with Crippen LogP contribution in [0.5, 0.6) is 0 Å². The summed E-state index contributed by atoms with van der Waals surface area (Å²) in [5.41, 5.74) is 1.97. The van der Waals surface area contributed by atoms with E-state index in [1.54, 1.807) is 11.3 Å². The maximum absolute atomic E-state index is 5.97. The molecule has 28 heavy (non-hydrogen) atoms. The number of aryl methyl sites for hydroxylation is 1. The van der Waals surface area contributed by atoms with Crippen LogP contribution in [0.2, 0.25) is 5.02 Å². The summed E-state index contributed by atoms with van der Waals surface area (Å²) in [5.74, 6) is 1.11. The fourth-order valence-corrected chi connectivity index (χ4v) is 4.48. The summed E-state index contributed by atoms with van der Waals surface area (Å²) >= 11 is 7.61. The van der Waals surface area contributed by atoms with Gasteiger partial charge < -0.3 is 9.47 Å². The predicted octanol–water partition coefficient (Wildman–Crippen LogP) is 3.17. The molecule has 3 aromatic heterocycles. The topological polar surface area (TPSA) is 54.5 Å². The fraction of sp³-hybridized carbons (Fsp3) is 0.316. The quantitative estimate of drug-likeness (QED) is 0.514. The third kappa shape index (κ3) is 3.39. The van der Waals surface area contributed by atoms with Crippen molar-refractivity contribution in [3.8, 4) is 11.3 Å².